The Hall–Kier alpha value is -2.39. The SMILES string of the molecule is Cc1cnc(C(F)(F)F)nc1N1CCC2(CCN(C(=O)OC(C)(C)C)CC2)C1=O. The highest BCUT2D eigenvalue weighted by molar-refractivity contribution is 5.99. The van der Waals surface area contributed by atoms with Crippen LogP contribution < -0.4 is 4.90 Å². The van der Waals surface area contributed by atoms with Crippen molar-refractivity contribution in [2.45, 2.75) is 58.7 Å². The molecule has 1 spiro atoms. The summed E-state index contributed by atoms with van der Waals surface area (Å²) in [6, 6.07) is 0. The number of anilines is 1. The van der Waals surface area contributed by atoms with Gasteiger partial charge in [0.2, 0.25) is 11.7 Å². The minimum Gasteiger partial charge on any atom is -0.444 e. The highest BCUT2D eigenvalue weighted by Gasteiger charge is 2.50. The molecule has 2 aliphatic heterocycles. The van der Waals surface area contributed by atoms with Crippen molar-refractivity contribution in [1.82, 2.24) is 14.9 Å². The third-order valence-corrected chi connectivity index (χ3v) is 5.34. The minimum atomic E-state index is -4.68. The van der Waals surface area contributed by atoms with E-state index in [4.69, 9.17) is 4.74 Å². The molecule has 29 heavy (non-hydrogen) atoms. The van der Waals surface area contributed by atoms with E-state index in [0.29, 0.717) is 44.5 Å². The average Bonchev–Trinajstić information content (AvgIpc) is 2.90. The van der Waals surface area contributed by atoms with Crippen molar-refractivity contribution in [3.05, 3.63) is 17.6 Å². The molecule has 1 aromatic heterocycles. The molecule has 2 saturated heterocycles. The number of rotatable bonds is 1. The number of alkyl halides is 3. The van der Waals surface area contributed by atoms with Gasteiger partial charge in [-0.2, -0.15) is 13.2 Å². The maximum Gasteiger partial charge on any atom is 0.451 e. The van der Waals surface area contributed by atoms with Gasteiger partial charge in [0.15, 0.2) is 0 Å². The molecule has 3 rings (SSSR count). The van der Waals surface area contributed by atoms with Gasteiger partial charge in [-0.05, 0) is 47.0 Å². The second-order valence-electron chi connectivity index (χ2n) is 8.65. The van der Waals surface area contributed by atoms with E-state index in [9.17, 15) is 22.8 Å². The van der Waals surface area contributed by atoms with Gasteiger partial charge in [-0.15, -0.1) is 0 Å². The molecule has 2 aliphatic rings. The Morgan fingerprint density at radius 2 is 1.72 bits per heavy atom. The van der Waals surface area contributed by atoms with Crippen LogP contribution in [0.2, 0.25) is 0 Å². The van der Waals surface area contributed by atoms with Gasteiger partial charge in [-0.1, -0.05) is 0 Å². The molecule has 3 heterocycles. The van der Waals surface area contributed by atoms with Crippen molar-refractivity contribution in [2.24, 2.45) is 5.41 Å². The van der Waals surface area contributed by atoms with Crippen LogP contribution >= 0.6 is 0 Å². The molecule has 0 radical (unpaired) electrons. The number of piperidine rings is 1. The number of ether oxygens (including phenoxy) is 1. The first-order chi connectivity index (χ1) is 13.3. The number of likely N-dealkylation sites (tertiary alicyclic amines) is 1. The van der Waals surface area contributed by atoms with Gasteiger partial charge < -0.3 is 9.64 Å². The summed E-state index contributed by atoms with van der Waals surface area (Å²) in [7, 11) is 0. The zero-order chi connectivity index (χ0) is 21.6. The molecule has 7 nitrogen and oxygen atoms in total. The van der Waals surface area contributed by atoms with E-state index in [1.165, 1.54) is 4.90 Å². The smallest absolute Gasteiger partial charge is 0.444 e. The van der Waals surface area contributed by atoms with Gasteiger partial charge in [-0.3, -0.25) is 9.69 Å². The first-order valence-electron chi connectivity index (χ1n) is 9.53. The van der Waals surface area contributed by atoms with E-state index in [1.807, 2.05) is 0 Å². The monoisotopic (exact) mass is 414 g/mol. The van der Waals surface area contributed by atoms with E-state index < -0.39 is 29.1 Å². The first kappa shape index (κ1) is 21.3. The van der Waals surface area contributed by atoms with Crippen LogP contribution in [0.3, 0.4) is 0 Å². The number of aromatic nitrogens is 2. The minimum absolute atomic E-state index is 0.00349. The third-order valence-electron chi connectivity index (χ3n) is 5.34. The van der Waals surface area contributed by atoms with E-state index in [-0.39, 0.29) is 11.7 Å². The summed E-state index contributed by atoms with van der Waals surface area (Å²) >= 11 is 0. The van der Waals surface area contributed by atoms with Gasteiger partial charge >= 0.3 is 12.3 Å². The van der Waals surface area contributed by atoms with E-state index in [2.05, 4.69) is 9.97 Å². The third kappa shape index (κ3) is 4.30. The lowest BCUT2D eigenvalue weighted by atomic mass is 9.77. The Bertz CT molecular complexity index is 812. The predicted molar refractivity (Wildman–Crippen MR) is 98.2 cm³/mol. The molecule has 160 valence electrons. The lowest BCUT2D eigenvalue weighted by Crippen LogP contribution is -2.48. The van der Waals surface area contributed by atoms with Gasteiger partial charge in [-0.25, -0.2) is 14.8 Å². The zero-order valence-electron chi connectivity index (χ0n) is 17.0. The number of hydrogen-bond acceptors (Lipinski definition) is 5. The zero-order valence-corrected chi connectivity index (χ0v) is 17.0. The standard InChI is InChI=1S/C19H25F3N4O3/c1-12-11-23-14(19(20,21)22)24-13(12)26-10-7-18(15(26)27)5-8-25(9-6-18)16(28)29-17(2,3)4/h11H,5-10H2,1-4H3. The van der Waals surface area contributed by atoms with Crippen LogP contribution in [-0.2, 0) is 15.7 Å². The van der Waals surface area contributed by atoms with Crippen LogP contribution in [0.5, 0.6) is 0 Å². The highest BCUT2D eigenvalue weighted by Crippen LogP contribution is 2.43. The molecule has 0 unspecified atom stereocenters. The number of aryl methyl sites for hydroxylation is 1. The van der Waals surface area contributed by atoms with Crippen molar-refractivity contribution in [3.8, 4) is 0 Å². The van der Waals surface area contributed by atoms with E-state index in [1.54, 1.807) is 32.6 Å². The molecule has 2 amide bonds. The summed E-state index contributed by atoms with van der Waals surface area (Å²) in [5, 5.41) is 0. The lowest BCUT2D eigenvalue weighted by molar-refractivity contribution is -0.145. The summed E-state index contributed by atoms with van der Waals surface area (Å²) < 4.78 is 44.3. The highest BCUT2D eigenvalue weighted by atomic mass is 19.4. The van der Waals surface area contributed by atoms with Gasteiger partial charge in [0, 0.05) is 31.4 Å². The van der Waals surface area contributed by atoms with Crippen LogP contribution in [0.15, 0.2) is 6.20 Å². The van der Waals surface area contributed by atoms with E-state index >= 15 is 0 Å². The summed E-state index contributed by atoms with van der Waals surface area (Å²) in [6.07, 6.45) is -2.61. The van der Waals surface area contributed by atoms with Crippen molar-refractivity contribution < 1.29 is 27.5 Å². The summed E-state index contributed by atoms with van der Waals surface area (Å²) in [4.78, 5) is 35.3. The Balaban J connectivity index is 1.74. The Kier molecular flexibility index (Phi) is 5.25. The molecule has 0 saturated carbocycles. The fourth-order valence-corrected chi connectivity index (χ4v) is 3.77. The normalized spacial score (nSPS) is 19.8. The maximum absolute atomic E-state index is 13.2. The van der Waals surface area contributed by atoms with Crippen molar-refractivity contribution in [3.63, 3.8) is 0 Å². The topological polar surface area (TPSA) is 75.6 Å². The first-order valence-corrected chi connectivity index (χ1v) is 9.53. The maximum atomic E-state index is 13.2. The Labute approximate surface area is 167 Å². The number of carbonyl (C=O) groups excluding carboxylic acids is 2. The van der Waals surface area contributed by atoms with Crippen LogP contribution in [0, 0.1) is 12.3 Å². The van der Waals surface area contributed by atoms with Crippen molar-refractivity contribution in [2.75, 3.05) is 24.5 Å². The molecule has 0 aromatic carbocycles. The Morgan fingerprint density at radius 1 is 1.14 bits per heavy atom. The quantitative estimate of drug-likeness (QED) is 0.702. The molecule has 0 N–H and O–H groups in total. The fourth-order valence-electron chi connectivity index (χ4n) is 3.77. The summed E-state index contributed by atoms with van der Waals surface area (Å²) in [5.74, 6) is -1.49. The molecule has 0 atom stereocenters. The van der Waals surface area contributed by atoms with Gasteiger partial charge in [0.05, 0.1) is 5.41 Å². The largest absolute Gasteiger partial charge is 0.451 e. The molecule has 2 fully saturated rings. The van der Waals surface area contributed by atoms with Crippen molar-refractivity contribution in [1.29, 1.82) is 0 Å². The number of hydrogen-bond donors (Lipinski definition) is 0. The average molecular weight is 414 g/mol. The lowest BCUT2D eigenvalue weighted by Gasteiger charge is -2.38. The second kappa shape index (κ2) is 7.14. The Morgan fingerprint density at radius 3 is 2.28 bits per heavy atom. The molecular formula is C19H25F3N4O3. The van der Waals surface area contributed by atoms with Crippen LogP contribution in [0.4, 0.5) is 23.8 Å². The molecular weight excluding hydrogens is 389 g/mol. The number of halogens is 3. The number of nitrogens with zero attached hydrogens (tertiary/aromatic N) is 4. The molecule has 10 heteroatoms. The van der Waals surface area contributed by atoms with Crippen molar-refractivity contribution >= 4 is 17.8 Å². The van der Waals surface area contributed by atoms with E-state index in [0.717, 1.165) is 6.20 Å². The van der Waals surface area contributed by atoms with Gasteiger partial charge in [0.1, 0.15) is 11.4 Å². The summed E-state index contributed by atoms with van der Waals surface area (Å²) in [5.41, 5.74) is -0.879. The summed E-state index contributed by atoms with van der Waals surface area (Å²) in [6.45, 7) is 7.96. The number of carbonyl (C=O) groups is 2. The molecule has 1 aromatic rings. The van der Waals surface area contributed by atoms with Crippen LogP contribution in [0.1, 0.15) is 51.4 Å². The van der Waals surface area contributed by atoms with Gasteiger partial charge in [0.25, 0.3) is 0 Å². The number of amides is 2. The van der Waals surface area contributed by atoms with Crippen LogP contribution in [-0.4, -0.2) is 52.1 Å². The molecule has 0 bridgehead atoms. The fraction of sp³-hybridized carbons (Fsp3) is 0.684. The predicted octanol–water partition coefficient (Wildman–Crippen LogP) is 3.56. The second-order valence-corrected chi connectivity index (χ2v) is 8.65. The molecule has 0 aliphatic carbocycles. The van der Waals surface area contributed by atoms with Crippen LogP contribution in [0.25, 0.3) is 0 Å².